The third-order valence-electron chi connectivity index (χ3n) is 2.27. The standard InChI is InChI=1S/C12H18F2N2/c1-2-6-15-7-8-16-9-10-11(13)4-3-5-12(10)14/h3-5,15-16H,2,6-9H2,1H3. The lowest BCUT2D eigenvalue weighted by Gasteiger charge is -2.07. The van der Waals surface area contributed by atoms with E-state index < -0.39 is 11.6 Å². The fourth-order valence-electron chi connectivity index (χ4n) is 1.39. The van der Waals surface area contributed by atoms with E-state index in [1.807, 2.05) is 0 Å². The Labute approximate surface area is 95.1 Å². The molecule has 0 aromatic heterocycles. The molecule has 1 aromatic carbocycles. The average Bonchev–Trinajstić information content (AvgIpc) is 2.26. The van der Waals surface area contributed by atoms with Crippen molar-refractivity contribution in [2.24, 2.45) is 0 Å². The first kappa shape index (κ1) is 13.1. The second-order valence-corrected chi connectivity index (χ2v) is 3.63. The summed E-state index contributed by atoms with van der Waals surface area (Å²) in [7, 11) is 0. The van der Waals surface area contributed by atoms with Crippen molar-refractivity contribution in [1.29, 1.82) is 0 Å². The molecule has 0 bridgehead atoms. The van der Waals surface area contributed by atoms with Gasteiger partial charge in [-0.3, -0.25) is 0 Å². The maximum atomic E-state index is 13.2. The molecule has 0 aliphatic rings. The summed E-state index contributed by atoms with van der Waals surface area (Å²) in [5.74, 6) is -0.983. The minimum Gasteiger partial charge on any atom is -0.315 e. The van der Waals surface area contributed by atoms with Crippen LogP contribution in [0.1, 0.15) is 18.9 Å². The molecule has 90 valence electrons. The van der Waals surface area contributed by atoms with E-state index in [0.717, 1.165) is 19.5 Å². The van der Waals surface area contributed by atoms with Crippen LogP contribution in [0.2, 0.25) is 0 Å². The van der Waals surface area contributed by atoms with Crippen LogP contribution in [0, 0.1) is 11.6 Å². The molecular weight excluding hydrogens is 210 g/mol. The molecule has 0 saturated heterocycles. The minimum absolute atomic E-state index is 0.109. The smallest absolute Gasteiger partial charge is 0.130 e. The lowest BCUT2D eigenvalue weighted by Crippen LogP contribution is -2.28. The quantitative estimate of drug-likeness (QED) is 0.698. The highest BCUT2D eigenvalue weighted by molar-refractivity contribution is 5.19. The summed E-state index contributed by atoms with van der Waals surface area (Å²) in [5.41, 5.74) is 0.109. The summed E-state index contributed by atoms with van der Waals surface area (Å²) in [6, 6.07) is 3.92. The molecule has 0 amide bonds. The number of rotatable bonds is 7. The van der Waals surface area contributed by atoms with Crippen molar-refractivity contribution in [1.82, 2.24) is 10.6 Å². The van der Waals surface area contributed by atoms with Crippen LogP contribution in [-0.4, -0.2) is 19.6 Å². The SMILES string of the molecule is CCCNCCNCc1c(F)cccc1F. The number of hydrogen-bond donors (Lipinski definition) is 2. The van der Waals surface area contributed by atoms with E-state index in [1.165, 1.54) is 18.2 Å². The Morgan fingerprint density at radius 1 is 1.00 bits per heavy atom. The van der Waals surface area contributed by atoms with Crippen LogP contribution >= 0.6 is 0 Å². The molecule has 1 aromatic rings. The monoisotopic (exact) mass is 228 g/mol. The third-order valence-corrected chi connectivity index (χ3v) is 2.27. The first-order chi connectivity index (χ1) is 7.75. The zero-order valence-corrected chi connectivity index (χ0v) is 9.52. The summed E-state index contributed by atoms with van der Waals surface area (Å²) < 4.78 is 26.4. The van der Waals surface area contributed by atoms with Gasteiger partial charge in [-0.25, -0.2) is 8.78 Å². The molecule has 0 fully saturated rings. The molecule has 0 unspecified atom stereocenters. The number of nitrogens with one attached hydrogen (secondary N) is 2. The fraction of sp³-hybridized carbons (Fsp3) is 0.500. The van der Waals surface area contributed by atoms with E-state index >= 15 is 0 Å². The van der Waals surface area contributed by atoms with Gasteiger partial charge in [0, 0.05) is 25.2 Å². The first-order valence-corrected chi connectivity index (χ1v) is 5.60. The van der Waals surface area contributed by atoms with E-state index in [1.54, 1.807) is 0 Å². The van der Waals surface area contributed by atoms with Crippen molar-refractivity contribution in [2.45, 2.75) is 19.9 Å². The lowest BCUT2D eigenvalue weighted by molar-refractivity contribution is 0.530. The van der Waals surface area contributed by atoms with Gasteiger partial charge in [-0.2, -0.15) is 0 Å². The third kappa shape index (κ3) is 4.24. The average molecular weight is 228 g/mol. The van der Waals surface area contributed by atoms with Crippen molar-refractivity contribution in [3.8, 4) is 0 Å². The Kier molecular flexibility index (Phi) is 5.96. The van der Waals surface area contributed by atoms with Crippen LogP contribution in [0.25, 0.3) is 0 Å². The highest BCUT2D eigenvalue weighted by Gasteiger charge is 2.06. The Balaban J connectivity index is 2.26. The Morgan fingerprint density at radius 3 is 2.25 bits per heavy atom. The maximum Gasteiger partial charge on any atom is 0.130 e. The number of halogens is 2. The highest BCUT2D eigenvalue weighted by atomic mass is 19.1. The molecule has 0 heterocycles. The second kappa shape index (κ2) is 7.30. The predicted molar refractivity (Wildman–Crippen MR) is 61.2 cm³/mol. The molecular formula is C12H18F2N2. The Morgan fingerprint density at radius 2 is 1.62 bits per heavy atom. The highest BCUT2D eigenvalue weighted by Crippen LogP contribution is 2.10. The van der Waals surface area contributed by atoms with Gasteiger partial charge in [-0.05, 0) is 25.1 Å². The summed E-state index contributed by atoms with van der Waals surface area (Å²) in [4.78, 5) is 0. The minimum atomic E-state index is -0.492. The normalized spacial score (nSPS) is 10.7. The second-order valence-electron chi connectivity index (χ2n) is 3.63. The molecule has 1 rings (SSSR count). The van der Waals surface area contributed by atoms with Crippen molar-refractivity contribution >= 4 is 0 Å². The Bertz CT molecular complexity index is 296. The number of hydrogen-bond acceptors (Lipinski definition) is 2. The molecule has 2 nitrogen and oxygen atoms in total. The van der Waals surface area contributed by atoms with E-state index in [0.29, 0.717) is 6.54 Å². The molecule has 0 aliphatic heterocycles. The van der Waals surface area contributed by atoms with Crippen molar-refractivity contribution < 1.29 is 8.78 Å². The van der Waals surface area contributed by atoms with Gasteiger partial charge in [0.05, 0.1) is 0 Å². The van der Waals surface area contributed by atoms with Gasteiger partial charge in [-0.1, -0.05) is 13.0 Å². The summed E-state index contributed by atoms with van der Waals surface area (Å²) in [6.45, 7) is 4.80. The summed E-state index contributed by atoms with van der Waals surface area (Å²) in [5, 5.41) is 6.20. The van der Waals surface area contributed by atoms with E-state index in [-0.39, 0.29) is 12.1 Å². The predicted octanol–water partition coefficient (Wildman–Crippen LogP) is 2.05. The van der Waals surface area contributed by atoms with E-state index in [9.17, 15) is 8.78 Å². The molecule has 0 spiro atoms. The van der Waals surface area contributed by atoms with Gasteiger partial charge in [0.2, 0.25) is 0 Å². The Hall–Kier alpha value is -1.00. The van der Waals surface area contributed by atoms with Crippen molar-refractivity contribution in [2.75, 3.05) is 19.6 Å². The molecule has 0 atom stereocenters. The first-order valence-electron chi connectivity index (χ1n) is 5.60. The molecule has 4 heteroatoms. The maximum absolute atomic E-state index is 13.2. The van der Waals surface area contributed by atoms with Gasteiger partial charge in [0.25, 0.3) is 0 Å². The molecule has 2 N–H and O–H groups in total. The summed E-state index contributed by atoms with van der Waals surface area (Å²) in [6.07, 6.45) is 1.09. The van der Waals surface area contributed by atoms with Gasteiger partial charge < -0.3 is 10.6 Å². The van der Waals surface area contributed by atoms with Gasteiger partial charge in [0.15, 0.2) is 0 Å². The van der Waals surface area contributed by atoms with Crippen LogP contribution in [0.5, 0.6) is 0 Å². The van der Waals surface area contributed by atoms with Gasteiger partial charge in [-0.15, -0.1) is 0 Å². The zero-order chi connectivity index (χ0) is 11.8. The van der Waals surface area contributed by atoms with Crippen LogP contribution < -0.4 is 10.6 Å². The van der Waals surface area contributed by atoms with Crippen LogP contribution in [0.15, 0.2) is 18.2 Å². The number of benzene rings is 1. The topological polar surface area (TPSA) is 24.1 Å². The van der Waals surface area contributed by atoms with Gasteiger partial charge >= 0.3 is 0 Å². The van der Waals surface area contributed by atoms with E-state index in [4.69, 9.17) is 0 Å². The van der Waals surface area contributed by atoms with Crippen LogP contribution in [0.3, 0.4) is 0 Å². The zero-order valence-electron chi connectivity index (χ0n) is 9.52. The largest absolute Gasteiger partial charge is 0.315 e. The van der Waals surface area contributed by atoms with Crippen LogP contribution in [-0.2, 0) is 6.54 Å². The fourth-order valence-corrected chi connectivity index (χ4v) is 1.39. The van der Waals surface area contributed by atoms with Crippen molar-refractivity contribution in [3.63, 3.8) is 0 Å². The molecule has 0 saturated carbocycles. The van der Waals surface area contributed by atoms with Gasteiger partial charge in [0.1, 0.15) is 11.6 Å². The molecule has 16 heavy (non-hydrogen) atoms. The van der Waals surface area contributed by atoms with E-state index in [2.05, 4.69) is 17.6 Å². The molecule has 0 aliphatic carbocycles. The van der Waals surface area contributed by atoms with Crippen LogP contribution in [0.4, 0.5) is 8.78 Å². The summed E-state index contributed by atoms with van der Waals surface area (Å²) >= 11 is 0. The van der Waals surface area contributed by atoms with Crippen molar-refractivity contribution in [3.05, 3.63) is 35.4 Å². The molecule has 0 radical (unpaired) electrons. The lowest BCUT2D eigenvalue weighted by atomic mass is 10.2.